The van der Waals surface area contributed by atoms with E-state index in [2.05, 4.69) is 22.0 Å². The molecule has 1 aromatic rings. The third-order valence-electron chi connectivity index (χ3n) is 3.77. The molecule has 1 saturated heterocycles. The van der Waals surface area contributed by atoms with E-state index in [1.54, 1.807) is 0 Å². The zero-order valence-corrected chi connectivity index (χ0v) is 9.35. The summed E-state index contributed by atoms with van der Waals surface area (Å²) >= 11 is 0. The van der Waals surface area contributed by atoms with Gasteiger partial charge in [-0.15, -0.1) is 0 Å². The Morgan fingerprint density at radius 3 is 2.50 bits per heavy atom. The first-order valence-electron chi connectivity index (χ1n) is 6.02. The SMILES string of the molecule is O=CC1(c2ccc(N3CCCC3)nc2)CC1. The summed E-state index contributed by atoms with van der Waals surface area (Å²) in [6.45, 7) is 2.23. The molecule has 0 unspecified atom stereocenters. The van der Waals surface area contributed by atoms with Crippen LogP contribution in [-0.2, 0) is 10.2 Å². The largest absolute Gasteiger partial charge is 0.357 e. The summed E-state index contributed by atoms with van der Waals surface area (Å²) in [5.74, 6) is 1.06. The van der Waals surface area contributed by atoms with Gasteiger partial charge in [-0.2, -0.15) is 0 Å². The molecule has 0 radical (unpaired) electrons. The number of hydrogen-bond donors (Lipinski definition) is 0. The predicted octanol–water partition coefficient (Wildman–Crippen LogP) is 1.91. The van der Waals surface area contributed by atoms with E-state index in [-0.39, 0.29) is 5.41 Å². The van der Waals surface area contributed by atoms with Crippen molar-refractivity contribution in [2.45, 2.75) is 31.1 Å². The van der Waals surface area contributed by atoms with Crippen molar-refractivity contribution in [3.8, 4) is 0 Å². The molecule has 0 N–H and O–H groups in total. The predicted molar refractivity (Wildman–Crippen MR) is 62.7 cm³/mol. The molecule has 2 fully saturated rings. The minimum absolute atomic E-state index is 0.184. The molecule has 84 valence electrons. The van der Waals surface area contributed by atoms with Crippen molar-refractivity contribution in [1.29, 1.82) is 0 Å². The molecular formula is C13H16N2O. The van der Waals surface area contributed by atoms with Gasteiger partial charge in [-0.05, 0) is 37.3 Å². The van der Waals surface area contributed by atoms with E-state index >= 15 is 0 Å². The first kappa shape index (κ1) is 9.82. The molecular weight excluding hydrogens is 200 g/mol. The van der Waals surface area contributed by atoms with Crippen molar-refractivity contribution in [3.05, 3.63) is 23.9 Å². The molecule has 0 spiro atoms. The molecule has 1 saturated carbocycles. The lowest BCUT2D eigenvalue weighted by Gasteiger charge is -2.17. The maximum atomic E-state index is 11.0. The highest BCUT2D eigenvalue weighted by Gasteiger charge is 2.44. The van der Waals surface area contributed by atoms with Crippen LogP contribution in [-0.4, -0.2) is 24.4 Å². The summed E-state index contributed by atoms with van der Waals surface area (Å²) in [6, 6.07) is 4.13. The third kappa shape index (κ3) is 1.51. The van der Waals surface area contributed by atoms with Gasteiger partial charge >= 0.3 is 0 Å². The van der Waals surface area contributed by atoms with Gasteiger partial charge < -0.3 is 9.69 Å². The number of hydrogen-bond acceptors (Lipinski definition) is 3. The molecule has 1 aliphatic heterocycles. The van der Waals surface area contributed by atoms with Crippen LogP contribution in [0.25, 0.3) is 0 Å². The van der Waals surface area contributed by atoms with Crippen molar-refractivity contribution < 1.29 is 4.79 Å². The van der Waals surface area contributed by atoms with E-state index in [0.29, 0.717) is 0 Å². The minimum Gasteiger partial charge on any atom is -0.357 e. The van der Waals surface area contributed by atoms with Gasteiger partial charge in [-0.3, -0.25) is 0 Å². The summed E-state index contributed by atoms with van der Waals surface area (Å²) in [6.07, 6.45) is 7.47. The Hall–Kier alpha value is -1.38. The highest BCUT2D eigenvalue weighted by atomic mass is 16.1. The number of rotatable bonds is 3. The van der Waals surface area contributed by atoms with Crippen molar-refractivity contribution in [3.63, 3.8) is 0 Å². The zero-order chi connectivity index (χ0) is 11.0. The number of carbonyl (C=O) groups is 1. The van der Waals surface area contributed by atoms with Gasteiger partial charge in [-0.1, -0.05) is 6.07 Å². The second-order valence-corrected chi connectivity index (χ2v) is 4.87. The lowest BCUT2D eigenvalue weighted by atomic mass is 10.00. The van der Waals surface area contributed by atoms with E-state index in [1.165, 1.54) is 12.8 Å². The third-order valence-corrected chi connectivity index (χ3v) is 3.77. The molecule has 1 aliphatic carbocycles. The van der Waals surface area contributed by atoms with E-state index in [1.807, 2.05) is 6.20 Å². The number of aromatic nitrogens is 1. The Kier molecular flexibility index (Phi) is 2.20. The monoisotopic (exact) mass is 216 g/mol. The molecule has 0 aromatic carbocycles. The average molecular weight is 216 g/mol. The highest BCUT2D eigenvalue weighted by molar-refractivity contribution is 5.73. The van der Waals surface area contributed by atoms with Gasteiger partial charge in [0, 0.05) is 19.3 Å². The van der Waals surface area contributed by atoms with Crippen molar-refractivity contribution in [2.75, 3.05) is 18.0 Å². The first-order chi connectivity index (χ1) is 7.84. The fraction of sp³-hybridized carbons (Fsp3) is 0.538. The van der Waals surface area contributed by atoms with E-state index in [4.69, 9.17) is 0 Å². The fourth-order valence-electron chi connectivity index (χ4n) is 2.42. The van der Waals surface area contributed by atoms with Gasteiger partial charge in [0.25, 0.3) is 0 Å². The van der Waals surface area contributed by atoms with Gasteiger partial charge in [-0.25, -0.2) is 4.98 Å². The summed E-state index contributed by atoms with van der Waals surface area (Å²) in [4.78, 5) is 17.8. The highest BCUT2D eigenvalue weighted by Crippen LogP contribution is 2.46. The maximum absolute atomic E-state index is 11.0. The van der Waals surface area contributed by atoms with Crippen LogP contribution in [0, 0.1) is 0 Å². The van der Waals surface area contributed by atoms with Gasteiger partial charge in [0.05, 0.1) is 5.41 Å². The van der Waals surface area contributed by atoms with Crippen molar-refractivity contribution in [1.82, 2.24) is 4.98 Å². The van der Waals surface area contributed by atoms with Crippen LogP contribution in [0.4, 0.5) is 5.82 Å². The Balaban J connectivity index is 1.82. The summed E-state index contributed by atoms with van der Waals surface area (Å²) in [5, 5.41) is 0. The van der Waals surface area contributed by atoms with Gasteiger partial charge in [0.1, 0.15) is 12.1 Å². The Bertz CT molecular complexity index is 389. The second kappa shape index (κ2) is 3.58. The minimum atomic E-state index is -0.184. The number of carbonyl (C=O) groups excluding carboxylic acids is 1. The molecule has 3 rings (SSSR count). The smallest absolute Gasteiger partial charge is 0.130 e. The quantitative estimate of drug-likeness (QED) is 0.724. The van der Waals surface area contributed by atoms with Crippen LogP contribution in [0.3, 0.4) is 0 Å². The number of anilines is 1. The van der Waals surface area contributed by atoms with E-state index in [9.17, 15) is 4.79 Å². The second-order valence-electron chi connectivity index (χ2n) is 4.87. The summed E-state index contributed by atoms with van der Waals surface area (Å²) in [5.41, 5.74) is 0.904. The first-order valence-corrected chi connectivity index (χ1v) is 6.02. The standard InChI is InChI=1S/C13H16N2O/c16-10-13(5-6-13)11-3-4-12(14-9-11)15-7-1-2-8-15/h3-4,9-10H,1-2,5-8H2. The molecule has 2 heterocycles. The Labute approximate surface area is 95.5 Å². The average Bonchev–Trinajstić information content (AvgIpc) is 2.96. The molecule has 3 heteroatoms. The van der Waals surface area contributed by atoms with Gasteiger partial charge in [0.2, 0.25) is 0 Å². The van der Waals surface area contributed by atoms with E-state index < -0.39 is 0 Å². The number of nitrogens with zero attached hydrogens (tertiary/aromatic N) is 2. The Morgan fingerprint density at radius 1 is 1.25 bits per heavy atom. The van der Waals surface area contributed by atoms with Crippen LogP contribution in [0.5, 0.6) is 0 Å². The van der Waals surface area contributed by atoms with Crippen LogP contribution < -0.4 is 4.90 Å². The van der Waals surface area contributed by atoms with Crippen LogP contribution in [0.1, 0.15) is 31.2 Å². The van der Waals surface area contributed by atoms with Crippen LogP contribution in [0.15, 0.2) is 18.3 Å². The summed E-state index contributed by atoms with van der Waals surface area (Å²) < 4.78 is 0. The lowest BCUT2D eigenvalue weighted by Crippen LogP contribution is -2.19. The van der Waals surface area contributed by atoms with Gasteiger partial charge in [0.15, 0.2) is 0 Å². The maximum Gasteiger partial charge on any atom is 0.130 e. The zero-order valence-electron chi connectivity index (χ0n) is 9.35. The molecule has 3 nitrogen and oxygen atoms in total. The van der Waals surface area contributed by atoms with Crippen LogP contribution >= 0.6 is 0 Å². The topological polar surface area (TPSA) is 33.2 Å². The molecule has 0 bridgehead atoms. The number of aldehydes is 1. The summed E-state index contributed by atoms with van der Waals surface area (Å²) in [7, 11) is 0. The Morgan fingerprint density at radius 2 is 2.00 bits per heavy atom. The lowest BCUT2D eigenvalue weighted by molar-refractivity contribution is -0.109. The fourth-order valence-corrected chi connectivity index (χ4v) is 2.42. The van der Waals surface area contributed by atoms with Crippen molar-refractivity contribution >= 4 is 12.1 Å². The van der Waals surface area contributed by atoms with Crippen LogP contribution in [0.2, 0.25) is 0 Å². The normalized spacial score (nSPS) is 22.1. The molecule has 0 atom stereocenters. The molecule has 0 amide bonds. The molecule has 16 heavy (non-hydrogen) atoms. The molecule has 2 aliphatic rings. The van der Waals surface area contributed by atoms with E-state index in [0.717, 1.165) is 43.6 Å². The molecule has 1 aromatic heterocycles. The number of pyridine rings is 1. The van der Waals surface area contributed by atoms with Crippen molar-refractivity contribution in [2.24, 2.45) is 0 Å².